The molecule has 0 bridgehead atoms. The number of hydrogen-bond donors (Lipinski definition) is 1. The lowest BCUT2D eigenvalue weighted by Crippen LogP contribution is -1.97. The summed E-state index contributed by atoms with van der Waals surface area (Å²) in [4.78, 5) is 13.7. The van der Waals surface area contributed by atoms with Crippen molar-refractivity contribution in [3.05, 3.63) is 54.4 Å². The van der Waals surface area contributed by atoms with Crippen LogP contribution in [-0.2, 0) is 0 Å². The van der Waals surface area contributed by atoms with Gasteiger partial charge in [0.25, 0.3) is 0 Å². The highest BCUT2D eigenvalue weighted by Gasteiger charge is 2.09. The molecule has 18 heavy (non-hydrogen) atoms. The third-order valence-corrected chi connectivity index (χ3v) is 2.16. The van der Waals surface area contributed by atoms with Crippen LogP contribution in [0.2, 0.25) is 0 Å². The van der Waals surface area contributed by atoms with Gasteiger partial charge in [-0.2, -0.15) is 0 Å². The van der Waals surface area contributed by atoms with Crippen LogP contribution in [0, 0.1) is 0 Å². The molecule has 5 heteroatoms. The molecule has 1 aliphatic heterocycles. The zero-order valence-electron chi connectivity index (χ0n) is 9.45. The molecule has 0 saturated heterocycles. The number of ether oxygens (including phenoxy) is 2. The number of fused-ring (bicyclic) bond motifs is 1. The van der Waals surface area contributed by atoms with Crippen LogP contribution in [0.15, 0.2) is 48.7 Å². The molecule has 0 amide bonds. The third-order valence-electron chi connectivity index (χ3n) is 2.16. The lowest BCUT2D eigenvalue weighted by Gasteiger charge is -1.89. The molecule has 0 aliphatic carbocycles. The minimum absolute atomic E-state index is 0.0810. The van der Waals surface area contributed by atoms with E-state index < -0.39 is 5.97 Å². The molecule has 2 aromatic rings. The summed E-state index contributed by atoms with van der Waals surface area (Å²) in [5.74, 6) is 0.700. The summed E-state index contributed by atoms with van der Waals surface area (Å²) in [6.07, 6.45) is 1.45. The smallest absolute Gasteiger partial charge is 0.354 e. The normalized spacial score (nSPS) is 11.3. The van der Waals surface area contributed by atoms with E-state index >= 15 is 0 Å². The van der Waals surface area contributed by atoms with E-state index in [1.54, 1.807) is 12.1 Å². The Morgan fingerprint density at radius 1 is 1.06 bits per heavy atom. The van der Waals surface area contributed by atoms with E-state index in [2.05, 4.69) is 4.98 Å². The first-order valence-corrected chi connectivity index (χ1v) is 5.26. The van der Waals surface area contributed by atoms with Crippen LogP contribution in [0.1, 0.15) is 10.5 Å². The van der Waals surface area contributed by atoms with E-state index in [1.807, 2.05) is 24.3 Å². The van der Waals surface area contributed by atoms with Crippen molar-refractivity contribution in [2.75, 3.05) is 6.79 Å². The second-order valence-electron chi connectivity index (χ2n) is 3.37. The Kier molecular flexibility index (Phi) is 3.76. The zero-order valence-corrected chi connectivity index (χ0v) is 9.45. The predicted molar refractivity (Wildman–Crippen MR) is 63.8 cm³/mol. The van der Waals surface area contributed by atoms with E-state index in [0.29, 0.717) is 6.79 Å². The van der Waals surface area contributed by atoms with E-state index in [1.165, 1.54) is 12.3 Å². The van der Waals surface area contributed by atoms with E-state index in [-0.39, 0.29) is 5.69 Å². The van der Waals surface area contributed by atoms with Gasteiger partial charge in [0.2, 0.25) is 6.79 Å². The molecule has 3 rings (SSSR count). The molecule has 0 fully saturated rings. The van der Waals surface area contributed by atoms with Crippen LogP contribution in [0.4, 0.5) is 0 Å². The van der Waals surface area contributed by atoms with Crippen molar-refractivity contribution in [2.24, 2.45) is 0 Å². The largest absolute Gasteiger partial charge is 0.477 e. The highest BCUT2D eigenvalue weighted by atomic mass is 16.7. The number of aromatic nitrogens is 1. The summed E-state index contributed by atoms with van der Waals surface area (Å²) in [5.41, 5.74) is 0.0810. The van der Waals surface area contributed by atoms with Crippen LogP contribution in [0.3, 0.4) is 0 Å². The lowest BCUT2D eigenvalue weighted by molar-refractivity contribution is 0.0690. The van der Waals surface area contributed by atoms with Gasteiger partial charge in [-0.3, -0.25) is 0 Å². The van der Waals surface area contributed by atoms with Crippen molar-refractivity contribution in [3.63, 3.8) is 0 Å². The number of carboxylic acids is 1. The lowest BCUT2D eigenvalue weighted by atomic mass is 10.3. The second-order valence-corrected chi connectivity index (χ2v) is 3.37. The van der Waals surface area contributed by atoms with Gasteiger partial charge in [-0.25, -0.2) is 9.78 Å². The fourth-order valence-electron chi connectivity index (χ4n) is 1.33. The van der Waals surface area contributed by atoms with E-state index in [9.17, 15) is 4.79 Å². The molecule has 1 N–H and O–H groups in total. The summed E-state index contributed by atoms with van der Waals surface area (Å²) in [6, 6.07) is 12.4. The highest BCUT2D eigenvalue weighted by molar-refractivity contribution is 5.85. The molecule has 5 nitrogen and oxygen atoms in total. The molecule has 0 spiro atoms. The first kappa shape index (κ1) is 11.9. The summed E-state index contributed by atoms with van der Waals surface area (Å²) in [7, 11) is 0. The van der Waals surface area contributed by atoms with Crippen molar-refractivity contribution < 1.29 is 19.4 Å². The van der Waals surface area contributed by atoms with Gasteiger partial charge in [-0.1, -0.05) is 18.2 Å². The molecule has 0 radical (unpaired) electrons. The maximum absolute atomic E-state index is 10.1. The Balaban J connectivity index is 0.000000134. The number of carboxylic acid groups (broad SMARTS) is 1. The summed E-state index contributed by atoms with van der Waals surface area (Å²) in [5, 5.41) is 8.32. The van der Waals surface area contributed by atoms with Crippen molar-refractivity contribution in [2.45, 2.75) is 0 Å². The van der Waals surface area contributed by atoms with E-state index in [4.69, 9.17) is 14.6 Å². The maximum atomic E-state index is 10.1. The SMILES string of the molecule is O=C(O)c1ccccn1.c1ccc2c(c1)OCO2. The van der Waals surface area contributed by atoms with Crippen molar-refractivity contribution in [1.82, 2.24) is 4.98 Å². The van der Waals surface area contributed by atoms with Crippen molar-refractivity contribution in [3.8, 4) is 11.5 Å². The van der Waals surface area contributed by atoms with Gasteiger partial charge < -0.3 is 14.6 Å². The number of hydrogen-bond acceptors (Lipinski definition) is 4. The van der Waals surface area contributed by atoms with Crippen molar-refractivity contribution >= 4 is 5.97 Å². The number of pyridine rings is 1. The molecular weight excluding hydrogens is 234 g/mol. The average Bonchev–Trinajstić information content (AvgIpc) is 2.89. The molecule has 0 atom stereocenters. The van der Waals surface area contributed by atoms with Gasteiger partial charge >= 0.3 is 5.97 Å². The second kappa shape index (κ2) is 5.67. The Labute approximate surface area is 104 Å². The van der Waals surface area contributed by atoms with Gasteiger partial charge in [-0.15, -0.1) is 0 Å². The fourth-order valence-corrected chi connectivity index (χ4v) is 1.33. The minimum Gasteiger partial charge on any atom is -0.477 e. The average molecular weight is 245 g/mol. The molecule has 92 valence electrons. The van der Waals surface area contributed by atoms with Gasteiger partial charge in [0.05, 0.1) is 0 Å². The third kappa shape index (κ3) is 2.98. The standard InChI is InChI=1S/C7H6O2.C6H5NO2/c1-2-4-7-6(3-1)8-5-9-7;8-6(9)5-3-1-2-4-7-5/h1-4H,5H2;1-4H,(H,8,9). The quantitative estimate of drug-likeness (QED) is 0.834. The van der Waals surface area contributed by atoms with Crippen LogP contribution in [-0.4, -0.2) is 22.9 Å². The molecule has 1 aromatic carbocycles. The van der Waals surface area contributed by atoms with Crippen LogP contribution in [0.25, 0.3) is 0 Å². The number of nitrogens with zero attached hydrogens (tertiary/aromatic N) is 1. The van der Waals surface area contributed by atoms with Crippen LogP contribution < -0.4 is 9.47 Å². The zero-order chi connectivity index (χ0) is 12.8. The Morgan fingerprint density at radius 2 is 1.67 bits per heavy atom. The molecule has 1 aliphatic rings. The van der Waals surface area contributed by atoms with E-state index in [0.717, 1.165) is 11.5 Å². The Hall–Kier alpha value is -2.56. The molecular formula is C13H11NO4. The highest BCUT2D eigenvalue weighted by Crippen LogP contribution is 2.30. The van der Waals surface area contributed by atoms with Crippen LogP contribution in [0.5, 0.6) is 11.5 Å². The number of para-hydroxylation sites is 2. The summed E-state index contributed by atoms with van der Waals surface area (Å²) < 4.78 is 10.2. The summed E-state index contributed by atoms with van der Waals surface area (Å²) in [6.45, 7) is 0.360. The summed E-state index contributed by atoms with van der Waals surface area (Å²) >= 11 is 0. The number of rotatable bonds is 1. The number of aromatic carboxylic acids is 1. The van der Waals surface area contributed by atoms with Gasteiger partial charge in [0.15, 0.2) is 11.5 Å². The van der Waals surface area contributed by atoms with Gasteiger partial charge in [-0.05, 0) is 24.3 Å². The predicted octanol–water partition coefficient (Wildman–Crippen LogP) is 2.20. The first-order valence-electron chi connectivity index (χ1n) is 5.26. The Bertz CT molecular complexity index is 505. The molecule has 0 saturated carbocycles. The maximum Gasteiger partial charge on any atom is 0.354 e. The fraction of sp³-hybridized carbons (Fsp3) is 0.0769. The molecule has 1 aromatic heterocycles. The topological polar surface area (TPSA) is 68.7 Å². The number of carbonyl (C=O) groups is 1. The Morgan fingerprint density at radius 3 is 2.11 bits per heavy atom. The monoisotopic (exact) mass is 245 g/mol. The first-order chi connectivity index (χ1) is 8.77. The minimum atomic E-state index is -0.990. The molecule has 0 unspecified atom stereocenters. The van der Waals surface area contributed by atoms with Gasteiger partial charge in [0.1, 0.15) is 5.69 Å². The number of benzene rings is 1. The van der Waals surface area contributed by atoms with Crippen LogP contribution >= 0.6 is 0 Å². The van der Waals surface area contributed by atoms with Gasteiger partial charge in [0, 0.05) is 6.20 Å². The van der Waals surface area contributed by atoms with Crippen molar-refractivity contribution in [1.29, 1.82) is 0 Å². The molecule has 2 heterocycles.